The summed E-state index contributed by atoms with van der Waals surface area (Å²) < 4.78 is 11.4. The molecule has 2 aromatic rings. The molecule has 2 atom stereocenters. The molecule has 2 fully saturated rings. The number of amides is 2. The van der Waals surface area contributed by atoms with Crippen LogP contribution in [0, 0.1) is 0 Å². The molecular weight excluding hydrogens is 404 g/mol. The van der Waals surface area contributed by atoms with Gasteiger partial charge in [-0.25, -0.2) is 9.59 Å². The van der Waals surface area contributed by atoms with Crippen LogP contribution in [0.15, 0.2) is 48.5 Å². The van der Waals surface area contributed by atoms with E-state index in [1.165, 1.54) is 22.3 Å². The molecule has 1 aliphatic carbocycles. The van der Waals surface area contributed by atoms with Crippen molar-refractivity contribution >= 4 is 12.2 Å². The first-order valence-corrected chi connectivity index (χ1v) is 11.4. The minimum Gasteiger partial charge on any atom is -0.448 e. The highest BCUT2D eigenvalue weighted by atomic mass is 16.6. The summed E-state index contributed by atoms with van der Waals surface area (Å²) in [7, 11) is 0. The average Bonchev–Trinajstić information content (AvgIpc) is 3.22. The fraction of sp³-hybridized carbons (Fsp3) is 0.462. The van der Waals surface area contributed by atoms with Crippen molar-refractivity contribution in [2.24, 2.45) is 0 Å². The number of ether oxygens (including phenoxy) is 2. The Morgan fingerprint density at radius 2 is 1.41 bits per heavy atom. The molecule has 0 N–H and O–H groups in total. The largest absolute Gasteiger partial charge is 0.448 e. The molecule has 6 nitrogen and oxygen atoms in total. The molecule has 2 bridgehead atoms. The third-order valence-corrected chi connectivity index (χ3v) is 6.68. The molecule has 2 heterocycles. The van der Waals surface area contributed by atoms with E-state index < -0.39 is 5.60 Å². The highest BCUT2D eigenvalue weighted by Crippen LogP contribution is 2.44. The Balaban J connectivity index is 1.26. The minimum absolute atomic E-state index is 0.0167. The topological polar surface area (TPSA) is 59.1 Å². The maximum Gasteiger partial charge on any atom is 0.410 e. The fourth-order valence-corrected chi connectivity index (χ4v) is 5.35. The Labute approximate surface area is 189 Å². The fourth-order valence-electron chi connectivity index (χ4n) is 5.35. The lowest BCUT2D eigenvalue weighted by atomic mass is 9.98. The van der Waals surface area contributed by atoms with E-state index in [2.05, 4.69) is 24.3 Å². The lowest BCUT2D eigenvalue weighted by molar-refractivity contribution is -0.000585. The smallest absolute Gasteiger partial charge is 0.410 e. The summed E-state index contributed by atoms with van der Waals surface area (Å²) in [6.45, 7) is 6.91. The Bertz CT molecular complexity index is 985. The molecule has 0 radical (unpaired) electrons. The van der Waals surface area contributed by atoms with E-state index in [4.69, 9.17) is 9.47 Å². The van der Waals surface area contributed by atoms with E-state index in [1.807, 2.05) is 49.9 Å². The van der Waals surface area contributed by atoms with Crippen molar-refractivity contribution < 1.29 is 19.1 Å². The number of fused-ring (bicyclic) bond motifs is 5. The second-order valence-corrected chi connectivity index (χ2v) is 9.98. The summed E-state index contributed by atoms with van der Waals surface area (Å²) in [5, 5.41) is 0. The van der Waals surface area contributed by atoms with Crippen LogP contribution in [0.1, 0.15) is 50.7 Å². The van der Waals surface area contributed by atoms with E-state index in [1.54, 1.807) is 4.90 Å². The van der Waals surface area contributed by atoms with Gasteiger partial charge in [0.05, 0.1) is 12.1 Å². The van der Waals surface area contributed by atoms with Crippen molar-refractivity contribution in [2.75, 3.05) is 19.7 Å². The predicted molar refractivity (Wildman–Crippen MR) is 122 cm³/mol. The van der Waals surface area contributed by atoms with E-state index in [9.17, 15) is 9.59 Å². The van der Waals surface area contributed by atoms with Gasteiger partial charge in [0.1, 0.15) is 12.2 Å². The lowest BCUT2D eigenvalue weighted by Crippen LogP contribution is -2.57. The van der Waals surface area contributed by atoms with Crippen LogP contribution in [0.3, 0.4) is 0 Å². The molecule has 5 rings (SSSR count). The van der Waals surface area contributed by atoms with Gasteiger partial charge < -0.3 is 14.4 Å². The summed E-state index contributed by atoms with van der Waals surface area (Å²) in [6.07, 6.45) is 1.19. The first-order valence-electron chi connectivity index (χ1n) is 11.4. The third-order valence-electron chi connectivity index (χ3n) is 6.68. The Hall–Kier alpha value is -3.02. The van der Waals surface area contributed by atoms with Crippen molar-refractivity contribution in [1.29, 1.82) is 0 Å². The first-order chi connectivity index (χ1) is 15.3. The lowest BCUT2D eigenvalue weighted by Gasteiger charge is -2.40. The van der Waals surface area contributed by atoms with Gasteiger partial charge in [0.15, 0.2) is 0 Å². The van der Waals surface area contributed by atoms with Crippen molar-refractivity contribution in [2.45, 2.75) is 57.2 Å². The monoisotopic (exact) mass is 434 g/mol. The van der Waals surface area contributed by atoms with Crippen LogP contribution in [-0.2, 0) is 9.47 Å². The van der Waals surface area contributed by atoms with Crippen molar-refractivity contribution in [3.05, 3.63) is 59.7 Å². The maximum absolute atomic E-state index is 13.1. The van der Waals surface area contributed by atoms with Gasteiger partial charge in [-0.05, 0) is 55.9 Å². The highest BCUT2D eigenvalue weighted by molar-refractivity contribution is 5.79. The Morgan fingerprint density at radius 3 is 1.94 bits per heavy atom. The molecule has 2 amide bonds. The van der Waals surface area contributed by atoms with Gasteiger partial charge in [0.2, 0.25) is 0 Å². The SMILES string of the molecule is CC(C)(C)OC(=O)N1CC2CCC(C1)N2C(=O)OCC1c2ccccc2-c2ccccc21. The molecule has 2 saturated heterocycles. The quantitative estimate of drug-likeness (QED) is 0.666. The molecule has 6 heteroatoms. The van der Waals surface area contributed by atoms with Crippen molar-refractivity contribution in [3.63, 3.8) is 0 Å². The van der Waals surface area contributed by atoms with Crippen LogP contribution in [0.25, 0.3) is 11.1 Å². The second-order valence-electron chi connectivity index (χ2n) is 9.98. The van der Waals surface area contributed by atoms with Crippen molar-refractivity contribution in [1.82, 2.24) is 9.80 Å². The second kappa shape index (κ2) is 7.84. The normalized spacial score (nSPS) is 21.8. The Kier molecular flexibility index (Phi) is 5.11. The molecule has 168 valence electrons. The van der Waals surface area contributed by atoms with Gasteiger partial charge in [-0.1, -0.05) is 48.5 Å². The molecular formula is C26H30N2O4. The van der Waals surface area contributed by atoms with Crippen LogP contribution in [0.2, 0.25) is 0 Å². The highest BCUT2D eigenvalue weighted by Gasteiger charge is 2.45. The number of carbonyl (C=O) groups excluding carboxylic acids is 2. The van der Waals surface area contributed by atoms with E-state index in [0.29, 0.717) is 19.7 Å². The minimum atomic E-state index is -0.528. The van der Waals surface area contributed by atoms with Gasteiger partial charge in [-0.2, -0.15) is 0 Å². The zero-order valence-electron chi connectivity index (χ0n) is 18.9. The van der Waals surface area contributed by atoms with E-state index >= 15 is 0 Å². The maximum atomic E-state index is 13.1. The summed E-state index contributed by atoms with van der Waals surface area (Å²) in [5.41, 5.74) is 4.32. The first kappa shape index (κ1) is 20.9. The third kappa shape index (κ3) is 3.72. The molecule has 2 aromatic carbocycles. The molecule has 3 aliphatic rings. The summed E-state index contributed by atoms with van der Waals surface area (Å²) in [6, 6.07) is 16.6. The van der Waals surface area contributed by atoms with E-state index in [-0.39, 0.29) is 30.2 Å². The molecule has 0 spiro atoms. The number of benzene rings is 2. The number of rotatable bonds is 2. The molecule has 2 aliphatic heterocycles. The summed E-state index contributed by atoms with van der Waals surface area (Å²) in [4.78, 5) is 29.2. The van der Waals surface area contributed by atoms with Crippen LogP contribution in [0.4, 0.5) is 9.59 Å². The van der Waals surface area contributed by atoms with Crippen LogP contribution >= 0.6 is 0 Å². The molecule has 0 saturated carbocycles. The van der Waals surface area contributed by atoms with Gasteiger partial charge >= 0.3 is 12.2 Å². The van der Waals surface area contributed by atoms with E-state index in [0.717, 1.165) is 12.8 Å². The van der Waals surface area contributed by atoms with Gasteiger partial charge in [0.25, 0.3) is 0 Å². The van der Waals surface area contributed by atoms with Gasteiger partial charge in [-0.3, -0.25) is 4.90 Å². The van der Waals surface area contributed by atoms with Gasteiger partial charge in [-0.15, -0.1) is 0 Å². The van der Waals surface area contributed by atoms with Crippen LogP contribution < -0.4 is 0 Å². The summed E-state index contributed by atoms with van der Waals surface area (Å²) >= 11 is 0. The number of likely N-dealkylation sites (tertiary alicyclic amines) is 1. The van der Waals surface area contributed by atoms with Gasteiger partial charge in [0, 0.05) is 19.0 Å². The standard InChI is InChI=1S/C26H30N2O4/c1-26(2,3)32-24(29)27-14-17-12-13-18(15-27)28(17)25(30)31-16-23-21-10-6-4-8-19(21)20-9-5-7-11-22(20)23/h4-11,17-18,23H,12-16H2,1-3H3. The predicted octanol–water partition coefficient (Wildman–Crippen LogP) is 5.02. The van der Waals surface area contributed by atoms with Crippen molar-refractivity contribution in [3.8, 4) is 11.1 Å². The number of nitrogens with zero attached hydrogens (tertiary/aromatic N) is 2. The zero-order valence-corrected chi connectivity index (χ0v) is 18.9. The number of hydrogen-bond donors (Lipinski definition) is 0. The van der Waals surface area contributed by atoms with Crippen LogP contribution in [0.5, 0.6) is 0 Å². The molecule has 32 heavy (non-hydrogen) atoms. The molecule has 2 unspecified atom stereocenters. The Morgan fingerprint density at radius 1 is 0.875 bits per heavy atom. The summed E-state index contributed by atoms with van der Waals surface area (Å²) in [5.74, 6) is 0.0482. The zero-order chi connectivity index (χ0) is 22.5. The number of hydrogen-bond acceptors (Lipinski definition) is 4. The average molecular weight is 435 g/mol. The number of carbonyl (C=O) groups is 2. The number of piperazine rings is 1. The van der Waals surface area contributed by atoms with Crippen LogP contribution in [-0.4, -0.2) is 59.4 Å². The molecule has 0 aromatic heterocycles.